The number of carbonyl (C=O) groups is 2. The van der Waals surface area contributed by atoms with Crippen molar-refractivity contribution in [3.05, 3.63) is 65.2 Å². The maximum absolute atomic E-state index is 12.8. The molecule has 0 saturated carbocycles. The summed E-state index contributed by atoms with van der Waals surface area (Å²) in [5.74, 6) is 1.10. The molecular weight excluding hydrogens is 380 g/mol. The fourth-order valence-corrected chi connectivity index (χ4v) is 3.92. The number of rotatable bonds is 5. The Morgan fingerprint density at radius 2 is 1.60 bits per heavy atom. The smallest absolute Gasteiger partial charge is 0.227 e. The van der Waals surface area contributed by atoms with Crippen molar-refractivity contribution in [2.75, 3.05) is 39.5 Å². The molecule has 0 aromatic heterocycles. The minimum atomic E-state index is 0.102. The van der Waals surface area contributed by atoms with Gasteiger partial charge in [0.05, 0.1) is 26.2 Å². The van der Waals surface area contributed by atoms with Crippen molar-refractivity contribution in [2.24, 2.45) is 0 Å². The third-order valence-corrected chi connectivity index (χ3v) is 5.65. The molecule has 0 N–H and O–H groups in total. The van der Waals surface area contributed by atoms with Crippen molar-refractivity contribution < 1.29 is 19.1 Å². The van der Waals surface area contributed by atoms with E-state index in [2.05, 4.69) is 6.07 Å². The van der Waals surface area contributed by atoms with E-state index in [0.29, 0.717) is 65.3 Å². The predicted octanol–water partition coefficient (Wildman–Crippen LogP) is 2.44. The summed E-state index contributed by atoms with van der Waals surface area (Å²) in [4.78, 5) is 29.0. The number of amides is 2. The first kappa shape index (κ1) is 20.4. The maximum atomic E-state index is 12.8. The van der Waals surface area contributed by atoms with Crippen LogP contribution in [0.25, 0.3) is 0 Å². The van der Waals surface area contributed by atoms with E-state index in [-0.39, 0.29) is 11.8 Å². The number of fused-ring (bicyclic) bond motifs is 1. The number of morpholine rings is 1. The van der Waals surface area contributed by atoms with Crippen molar-refractivity contribution in [1.82, 2.24) is 9.80 Å². The number of nitrogens with zero attached hydrogens (tertiary/aromatic N) is 2. The molecule has 0 aliphatic carbocycles. The maximum Gasteiger partial charge on any atom is 0.227 e. The van der Waals surface area contributed by atoms with E-state index in [1.807, 2.05) is 52.3 Å². The van der Waals surface area contributed by atoms with Crippen LogP contribution in [0.1, 0.15) is 23.1 Å². The lowest BCUT2D eigenvalue weighted by molar-refractivity contribution is -0.135. The summed E-state index contributed by atoms with van der Waals surface area (Å²) in [5, 5.41) is 0. The van der Waals surface area contributed by atoms with Gasteiger partial charge in [-0.1, -0.05) is 42.5 Å². The number of aryl methyl sites for hydroxylation is 1. The highest BCUT2D eigenvalue weighted by atomic mass is 16.5. The first-order valence-corrected chi connectivity index (χ1v) is 10.6. The van der Waals surface area contributed by atoms with E-state index >= 15 is 0 Å². The summed E-state index contributed by atoms with van der Waals surface area (Å²) in [6.45, 7) is 4.19. The summed E-state index contributed by atoms with van der Waals surface area (Å²) >= 11 is 0. The summed E-state index contributed by atoms with van der Waals surface area (Å²) in [7, 11) is 0. The predicted molar refractivity (Wildman–Crippen MR) is 113 cm³/mol. The van der Waals surface area contributed by atoms with Gasteiger partial charge in [0.15, 0.2) is 0 Å². The minimum Gasteiger partial charge on any atom is -0.491 e. The molecule has 0 spiro atoms. The van der Waals surface area contributed by atoms with Gasteiger partial charge in [0.2, 0.25) is 11.8 Å². The molecule has 1 saturated heterocycles. The molecule has 2 aliphatic heterocycles. The van der Waals surface area contributed by atoms with Crippen LogP contribution in [0.2, 0.25) is 0 Å². The lowest BCUT2D eigenvalue weighted by Gasteiger charge is -2.26. The zero-order chi connectivity index (χ0) is 20.8. The number of benzene rings is 2. The molecule has 30 heavy (non-hydrogen) atoms. The Bertz CT molecular complexity index is 878. The molecule has 1 fully saturated rings. The standard InChI is InChI=1S/C24H28N2O4/c27-23(25-10-13-29-14-11-25)9-7-20-6-8-22-21(16-20)18-26(12-15-30-22)24(28)17-19-4-2-1-3-5-19/h1-6,8,16H,7,9-15,17-18H2. The summed E-state index contributed by atoms with van der Waals surface area (Å²) in [5.41, 5.74) is 3.12. The van der Waals surface area contributed by atoms with Crippen molar-refractivity contribution in [3.8, 4) is 5.75 Å². The van der Waals surface area contributed by atoms with Crippen molar-refractivity contribution in [1.29, 1.82) is 0 Å². The van der Waals surface area contributed by atoms with Crippen molar-refractivity contribution >= 4 is 11.8 Å². The Morgan fingerprint density at radius 3 is 2.40 bits per heavy atom. The fourth-order valence-electron chi connectivity index (χ4n) is 3.92. The van der Waals surface area contributed by atoms with Gasteiger partial charge >= 0.3 is 0 Å². The molecule has 0 radical (unpaired) electrons. The highest BCUT2D eigenvalue weighted by Crippen LogP contribution is 2.25. The normalized spacial score (nSPS) is 16.4. The molecule has 2 aromatic rings. The van der Waals surface area contributed by atoms with Gasteiger partial charge in [-0.2, -0.15) is 0 Å². The largest absolute Gasteiger partial charge is 0.491 e. The average Bonchev–Trinajstić information content (AvgIpc) is 3.01. The first-order valence-electron chi connectivity index (χ1n) is 10.6. The summed E-state index contributed by atoms with van der Waals surface area (Å²) in [6, 6.07) is 15.9. The molecule has 2 aromatic carbocycles. The first-order chi connectivity index (χ1) is 14.7. The monoisotopic (exact) mass is 408 g/mol. The van der Waals surface area contributed by atoms with Crippen LogP contribution in [0.5, 0.6) is 5.75 Å². The van der Waals surface area contributed by atoms with Crippen LogP contribution < -0.4 is 4.74 Å². The SMILES string of the molecule is O=C(CCc1ccc2c(c1)CN(C(=O)Cc1ccccc1)CCO2)N1CCOCC1. The van der Waals surface area contributed by atoms with Crippen LogP contribution >= 0.6 is 0 Å². The van der Waals surface area contributed by atoms with E-state index in [1.54, 1.807) is 0 Å². The van der Waals surface area contributed by atoms with E-state index in [9.17, 15) is 9.59 Å². The zero-order valence-corrected chi connectivity index (χ0v) is 17.2. The van der Waals surface area contributed by atoms with Crippen molar-refractivity contribution in [2.45, 2.75) is 25.8 Å². The van der Waals surface area contributed by atoms with E-state index in [4.69, 9.17) is 9.47 Å². The van der Waals surface area contributed by atoms with Gasteiger partial charge in [-0.3, -0.25) is 9.59 Å². The van der Waals surface area contributed by atoms with Gasteiger partial charge in [-0.05, 0) is 23.6 Å². The summed E-state index contributed by atoms with van der Waals surface area (Å²) in [6.07, 6.45) is 1.56. The van der Waals surface area contributed by atoms with Crippen LogP contribution in [0, 0.1) is 0 Å². The molecule has 158 valence electrons. The van der Waals surface area contributed by atoms with E-state index in [1.165, 1.54) is 0 Å². The average molecular weight is 408 g/mol. The highest BCUT2D eigenvalue weighted by Gasteiger charge is 2.21. The van der Waals surface area contributed by atoms with E-state index < -0.39 is 0 Å². The number of carbonyl (C=O) groups excluding carboxylic acids is 2. The molecule has 2 amide bonds. The molecule has 6 heteroatoms. The van der Waals surface area contributed by atoms with Gasteiger partial charge in [0.25, 0.3) is 0 Å². The third-order valence-electron chi connectivity index (χ3n) is 5.65. The Balaban J connectivity index is 1.38. The second kappa shape index (κ2) is 9.76. The van der Waals surface area contributed by atoms with Crippen LogP contribution in [-0.2, 0) is 33.7 Å². The second-order valence-corrected chi connectivity index (χ2v) is 7.76. The fraction of sp³-hybridized carbons (Fsp3) is 0.417. The lowest BCUT2D eigenvalue weighted by atomic mass is 10.0. The Kier molecular flexibility index (Phi) is 6.64. The highest BCUT2D eigenvalue weighted by molar-refractivity contribution is 5.79. The molecule has 0 bridgehead atoms. The molecule has 0 atom stereocenters. The van der Waals surface area contributed by atoms with Gasteiger partial charge in [-0.25, -0.2) is 0 Å². The number of hydrogen-bond acceptors (Lipinski definition) is 4. The topological polar surface area (TPSA) is 59.1 Å². The second-order valence-electron chi connectivity index (χ2n) is 7.76. The molecule has 6 nitrogen and oxygen atoms in total. The van der Waals surface area contributed by atoms with Crippen LogP contribution in [-0.4, -0.2) is 61.1 Å². The Hall–Kier alpha value is -2.86. The van der Waals surface area contributed by atoms with Gasteiger partial charge in [0, 0.05) is 31.6 Å². The van der Waals surface area contributed by atoms with Crippen LogP contribution in [0.3, 0.4) is 0 Å². The molecular formula is C24H28N2O4. The quantitative estimate of drug-likeness (QED) is 0.763. The zero-order valence-electron chi connectivity index (χ0n) is 17.2. The van der Waals surface area contributed by atoms with Gasteiger partial charge < -0.3 is 19.3 Å². The molecule has 4 rings (SSSR count). The summed E-state index contributed by atoms with van der Waals surface area (Å²) < 4.78 is 11.2. The van der Waals surface area contributed by atoms with Crippen molar-refractivity contribution in [3.63, 3.8) is 0 Å². The Labute approximate surface area is 177 Å². The lowest BCUT2D eigenvalue weighted by Crippen LogP contribution is -2.40. The van der Waals surface area contributed by atoms with Gasteiger partial charge in [-0.15, -0.1) is 0 Å². The number of hydrogen-bond donors (Lipinski definition) is 0. The van der Waals surface area contributed by atoms with E-state index in [0.717, 1.165) is 22.4 Å². The number of ether oxygens (including phenoxy) is 2. The van der Waals surface area contributed by atoms with Crippen LogP contribution in [0.15, 0.2) is 48.5 Å². The molecule has 2 aliphatic rings. The molecule has 2 heterocycles. The van der Waals surface area contributed by atoms with Gasteiger partial charge in [0.1, 0.15) is 12.4 Å². The van der Waals surface area contributed by atoms with Crippen LogP contribution in [0.4, 0.5) is 0 Å². The third kappa shape index (κ3) is 5.19. The Morgan fingerprint density at radius 1 is 0.833 bits per heavy atom. The molecule has 0 unspecified atom stereocenters. The minimum absolute atomic E-state index is 0.102.